The Kier molecular flexibility index (Phi) is 5.21. The lowest BCUT2D eigenvalue weighted by Crippen LogP contribution is -2.43. The predicted octanol–water partition coefficient (Wildman–Crippen LogP) is 4.85. The van der Waals surface area contributed by atoms with Crippen LogP contribution in [0.5, 0.6) is 0 Å². The molecule has 3 nitrogen and oxygen atoms in total. The van der Waals surface area contributed by atoms with E-state index in [1.807, 2.05) is 26.8 Å². The molecule has 112 valence electrons. The van der Waals surface area contributed by atoms with Crippen LogP contribution in [0.3, 0.4) is 0 Å². The first-order valence-electron chi connectivity index (χ1n) is 7.33. The van der Waals surface area contributed by atoms with Crippen LogP contribution in [0.25, 0.3) is 0 Å². The van der Waals surface area contributed by atoms with Crippen LogP contribution in [0.1, 0.15) is 71.4 Å². The molecule has 0 saturated heterocycles. The fraction of sp³-hybridized carbons (Fsp3) is 0.588. The highest BCUT2D eigenvalue weighted by Gasteiger charge is 2.16. The lowest BCUT2D eigenvalue weighted by Gasteiger charge is -2.22. The van der Waals surface area contributed by atoms with E-state index >= 15 is 0 Å². The third-order valence-electron chi connectivity index (χ3n) is 3.10. The molecule has 3 heteroatoms. The summed E-state index contributed by atoms with van der Waals surface area (Å²) in [6.07, 6.45) is 0. The normalized spacial score (nSPS) is 11.8. The van der Waals surface area contributed by atoms with Crippen LogP contribution in [0.4, 0.5) is 10.5 Å². The van der Waals surface area contributed by atoms with Crippen LogP contribution in [-0.2, 0) is 0 Å². The van der Waals surface area contributed by atoms with Gasteiger partial charge in [0.25, 0.3) is 0 Å². The van der Waals surface area contributed by atoms with E-state index in [1.54, 1.807) is 0 Å². The van der Waals surface area contributed by atoms with Gasteiger partial charge in [-0.1, -0.05) is 39.8 Å². The molecule has 1 aromatic carbocycles. The number of benzene rings is 1. The zero-order valence-corrected chi connectivity index (χ0v) is 13.8. The van der Waals surface area contributed by atoms with Gasteiger partial charge in [-0.15, -0.1) is 0 Å². The van der Waals surface area contributed by atoms with Crippen molar-refractivity contribution in [2.75, 3.05) is 5.32 Å². The molecule has 1 aromatic rings. The van der Waals surface area contributed by atoms with Crippen molar-refractivity contribution in [3.63, 3.8) is 0 Å². The van der Waals surface area contributed by atoms with E-state index in [2.05, 4.69) is 50.5 Å². The Morgan fingerprint density at radius 2 is 1.65 bits per heavy atom. The summed E-state index contributed by atoms with van der Waals surface area (Å²) in [7, 11) is 0. The zero-order valence-electron chi connectivity index (χ0n) is 13.8. The van der Waals surface area contributed by atoms with Crippen LogP contribution in [-0.4, -0.2) is 11.6 Å². The topological polar surface area (TPSA) is 41.1 Å². The molecule has 0 fully saturated rings. The quantitative estimate of drug-likeness (QED) is 0.813. The van der Waals surface area contributed by atoms with Crippen molar-refractivity contribution < 1.29 is 4.79 Å². The molecule has 0 bridgehead atoms. The van der Waals surface area contributed by atoms with Gasteiger partial charge in [0.2, 0.25) is 0 Å². The smallest absolute Gasteiger partial charge is 0.319 e. The fourth-order valence-electron chi connectivity index (χ4n) is 2.03. The van der Waals surface area contributed by atoms with Crippen molar-refractivity contribution in [3.8, 4) is 0 Å². The first-order valence-corrected chi connectivity index (χ1v) is 7.33. The Morgan fingerprint density at radius 1 is 1.05 bits per heavy atom. The Bertz CT molecular complexity index is 470. The number of hydrogen-bond acceptors (Lipinski definition) is 1. The minimum Gasteiger partial charge on any atom is -0.333 e. The third-order valence-corrected chi connectivity index (χ3v) is 3.10. The van der Waals surface area contributed by atoms with Crippen molar-refractivity contribution in [2.45, 2.75) is 65.8 Å². The average Bonchev–Trinajstić information content (AvgIpc) is 2.25. The highest BCUT2D eigenvalue weighted by atomic mass is 16.2. The molecule has 0 aliphatic heterocycles. The summed E-state index contributed by atoms with van der Waals surface area (Å²) in [6.45, 7) is 14.6. The summed E-state index contributed by atoms with van der Waals surface area (Å²) in [4.78, 5) is 12.0. The minimum absolute atomic E-state index is 0.156. The number of amides is 2. The molecule has 0 aliphatic carbocycles. The first kappa shape index (κ1) is 16.5. The summed E-state index contributed by atoms with van der Waals surface area (Å²) in [5, 5.41) is 5.89. The second kappa shape index (κ2) is 6.29. The number of urea groups is 1. The summed E-state index contributed by atoms with van der Waals surface area (Å²) in [5.74, 6) is 0.864. The average molecular weight is 276 g/mol. The van der Waals surface area contributed by atoms with Crippen molar-refractivity contribution in [2.24, 2.45) is 0 Å². The van der Waals surface area contributed by atoms with Gasteiger partial charge in [0.15, 0.2) is 0 Å². The van der Waals surface area contributed by atoms with E-state index in [1.165, 1.54) is 11.1 Å². The summed E-state index contributed by atoms with van der Waals surface area (Å²) in [6, 6.07) is 6.13. The lowest BCUT2D eigenvalue weighted by molar-refractivity contribution is 0.244. The first-order chi connectivity index (χ1) is 9.10. The Labute approximate surface area is 123 Å². The van der Waals surface area contributed by atoms with Crippen molar-refractivity contribution in [1.82, 2.24) is 5.32 Å². The molecule has 0 aromatic heterocycles. The van der Waals surface area contributed by atoms with E-state index in [4.69, 9.17) is 0 Å². The van der Waals surface area contributed by atoms with Gasteiger partial charge in [-0.3, -0.25) is 0 Å². The Hall–Kier alpha value is -1.51. The predicted molar refractivity (Wildman–Crippen MR) is 86.5 cm³/mol. The molecule has 0 radical (unpaired) electrons. The van der Waals surface area contributed by atoms with Crippen LogP contribution < -0.4 is 10.6 Å². The van der Waals surface area contributed by atoms with E-state index in [0.29, 0.717) is 11.8 Å². The Balaban J connectivity index is 2.97. The van der Waals surface area contributed by atoms with Gasteiger partial charge in [0.05, 0.1) is 0 Å². The SMILES string of the molecule is CC(C)c1ccc(NC(=O)NC(C)(C)C)c(C(C)C)c1. The van der Waals surface area contributed by atoms with Gasteiger partial charge in [-0.25, -0.2) is 4.79 Å². The van der Waals surface area contributed by atoms with E-state index in [0.717, 1.165) is 5.69 Å². The number of carbonyl (C=O) groups is 1. The van der Waals surface area contributed by atoms with E-state index in [-0.39, 0.29) is 11.6 Å². The number of carbonyl (C=O) groups excluding carboxylic acids is 1. The monoisotopic (exact) mass is 276 g/mol. The maximum atomic E-state index is 12.0. The molecular formula is C17H28N2O. The molecular weight excluding hydrogens is 248 g/mol. The molecule has 0 heterocycles. The highest BCUT2D eigenvalue weighted by Crippen LogP contribution is 2.28. The minimum atomic E-state index is -0.236. The molecule has 2 amide bonds. The highest BCUT2D eigenvalue weighted by molar-refractivity contribution is 5.90. The van der Waals surface area contributed by atoms with Crippen molar-refractivity contribution in [3.05, 3.63) is 29.3 Å². The van der Waals surface area contributed by atoms with Crippen molar-refractivity contribution in [1.29, 1.82) is 0 Å². The van der Waals surface area contributed by atoms with Gasteiger partial charge >= 0.3 is 6.03 Å². The zero-order chi connectivity index (χ0) is 15.5. The molecule has 0 unspecified atom stereocenters. The second-order valence-corrected chi connectivity index (χ2v) is 6.99. The number of rotatable bonds is 3. The molecule has 0 aliphatic rings. The van der Waals surface area contributed by atoms with E-state index in [9.17, 15) is 4.79 Å². The van der Waals surface area contributed by atoms with Crippen molar-refractivity contribution >= 4 is 11.7 Å². The third kappa shape index (κ3) is 4.87. The number of anilines is 1. The molecule has 1 rings (SSSR count). The van der Waals surface area contributed by atoms with Gasteiger partial charge in [0.1, 0.15) is 0 Å². The van der Waals surface area contributed by atoms with Crippen LogP contribution >= 0.6 is 0 Å². The molecule has 2 N–H and O–H groups in total. The molecule has 0 spiro atoms. The standard InChI is InChI=1S/C17H28N2O/c1-11(2)13-8-9-15(14(10-13)12(3)4)18-16(20)19-17(5,6)7/h8-12H,1-7H3,(H2,18,19,20). The van der Waals surface area contributed by atoms with Gasteiger partial charge in [-0.05, 0) is 49.8 Å². The molecule has 0 saturated carbocycles. The number of hydrogen-bond donors (Lipinski definition) is 2. The maximum absolute atomic E-state index is 12.0. The van der Waals surface area contributed by atoms with Crippen LogP contribution in [0, 0.1) is 0 Å². The maximum Gasteiger partial charge on any atom is 0.319 e. The van der Waals surface area contributed by atoms with Crippen LogP contribution in [0.15, 0.2) is 18.2 Å². The summed E-state index contributed by atoms with van der Waals surface area (Å²) < 4.78 is 0. The fourth-order valence-corrected chi connectivity index (χ4v) is 2.03. The van der Waals surface area contributed by atoms with Gasteiger partial charge in [-0.2, -0.15) is 0 Å². The number of nitrogens with one attached hydrogen (secondary N) is 2. The lowest BCUT2D eigenvalue weighted by atomic mass is 9.94. The Morgan fingerprint density at radius 3 is 2.10 bits per heavy atom. The van der Waals surface area contributed by atoms with Gasteiger partial charge < -0.3 is 10.6 Å². The molecule has 0 atom stereocenters. The van der Waals surface area contributed by atoms with Crippen LogP contribution in [0.2, 0.25) is 0 Å². The summed E-state index contributed by atoms with van der Waals surface area (Å²) >= 11 is 0. The largest absolute Gasteiger partial charge is 0.333 e. The van der Waals surface area contributed by atoms with E-state index < -0.39 is 0 Å². The second-order valence-electron chi connectivity index (χ2n) is 6.99. The van der Waals surface area contributed by atoms with Gasteiger partial charge in [0, 0.05) is 11.2 Å². The molecule has 20 heavy (non-hydrogen) atoms. The summed E-state index contributed by atoms with van der Waals surface area (Å²) in [5.41, 5.74) is 3.14.